The maximum atomic E-state index is 9.40. The Morgan fingerprint density at radius 1 is 1.69 bits per heavy atom. The van der Waals surface area contributed by atoms with E-state index in [0.717, 1.165) is 23.3 Å². The molecule has 1 fully saturated rings. The van der Waals surface area contributed by atoms with Gasteiger partial charge in [-0.3, -0.25) is 0 Å². The molecule has 0 aliphatic carbocycles. The summed E-state index contributed by atoms with van der Waals surface area (Å²) in [4.78, 5) is 6.48. The number of nitrogen functional groups attached to an aromatic ring is 1. The second-order valence-corrected chi connectivity index (χ2v) is 5.14. The molecule has 16 heavy (non-hydrogen) atoms. The van der Waals surface area contributed by atoms with E-state index in [9.17, 15) is 5.11 Å². The van der Waals surface area contributed by atoms with Crippen LogP contribution in [-0.4, -0.2) is 29.3 Å². The second kappa shape index (κ2) is 4.59. The summed E-state index contributed by atoms with van der Waals surface area (Å²) in [5.74, 6) is 1.37. The number of pyridine rings is 1. The summed E-state index contributed by atoms with van der Waals surface area (Å²) in [7, 11) is 0. The Balaban J connectivity index is 2.30. The molecule has 1 aliphatic heterocycles. The van der Waals surface area contributed by atoms with Gasteiger partial charge in [0.25, 0.3) is 0 Å². The lowest BCUT2D eigenvalue weighted by molar-refractivity contribution is 0.244. The highest BCUT2D eigenvalue weighted by atomic mass is 79.9. The molecule has 5 heteroatoms. The van der Waals surface area contributed by atoms with Gasteiger partial charge in [0.2, 0.25) is 0 Å². The molecule has 0 aromatic carbocycles. The average Bonchev–Trinajstić information content (AvgIpc) is 2.59. The Morgan fingerprint density at radius 2 is 2.44 bits per heavy atom. The van der Waals surface area contributed by atoms with Crippen LogP contribution in [-0.2, 0) is 0 Å². The van der Waals surface area contributed by atoms with E-state index >= 15 is 0 Å². The fourth-order valence-electron chi connectivity index (χ4n) is 2.21. The molecular formula is C11H16BrN3O. The van der Waals surface area contributed by atoms with Crippen molar-refractivity contribution in [2.45, 2.75) is 19.4 Å². The van der Waals surface area contributed by atoms with Crippen LogP contribution >= 0.6 is 15.9 Å². The molecule has 0 saturated carbocycles. The SMILES string of the molecule is CC1CCN(c2ncc(N)cc2Br)C1CO. The van der Waals surface area contributed by atoms with E-state index < -0.39 is 0 Å². The maximum Gasteiger partial charge on any atom is 0.143 e. The molecule has 0 radical (unpaired) electrons. The number of hydrogen-bond acceptors (Lipinski definition) is 4. The number of hydrogen-bond donors (Lipinski definition) is 2. The molecule has 2 heterocycles. The highest BCUT2D eigenvalue weighted by molar-refractivity contribution is 9.10. The van der Waals surface area contributed by atoms with E-state index in [4.69, 9.17) is 5.73 Å². The summed E-state index contributed by atoms with van der Waals surface area (Å²) in [5.41, 5.74) is 6.30. The summed E-state index contributed by atoms with van der Waals surface area (Å²) < 4.78 is 0.889. The van der Waals surface area contributed by atoms with Crippen LogP contribution in [0.2, 0.25) is 0 Å². The summed E-state index contributed by atoms with van der Waals surface area (Å²) >= 11 is 3.47. The smallest absolute Gasteiger partial charge is 0.143 e. The van der Waals surface area contributed by atoms with E-state index in [2.05, 4.69) is 32.7 Å². The quantitative estimate of drug-likeness (QED) is 0.867. The number of anilines is 2. The number of halogens is 1. The van der Waals surface area contributed by atoms with Crippen molar-refractivity contribution >= 4 is 27.4 Å². The van der Waals surface area contributed by atoms with Crippen molar-refractivity contribution in [2.75, 3.05) is 23.8 Å². The van der Waals surface area contributed by atoms with Crippen LogP contribution < -0.4 is 10.6 Å². The Bertz CT molecular complexity index is 385. The number of rotatable bonds is 2. The zero-order valence-electron chi connectivity index (χ0n) is 9.23. The van der Waals surface area contributed by atoms with Crippen LogP contribution in [0.4, 0.5) is 11.5 Å². The fourth-order valence-corrected chi connectivity index (χ4v) is 2.80. The summed E-state index contributed by atoms with van der Waals surface area (Å²) in [6, 6.07) is 2.01. The third-order valence-corrected chi connectivity index (χ3v) is 3.77. The van der Waals surface area contributed by atoms with Crippen molar-refractivity contribution in [1.29, 1.82) is 0 Å². The number of aliphatic hydroxyl groups is 1. The standard InChI is InChI=1S/C11H16BrN3O/c1-7-2-3-15(10(7)6-16)11-9(12)4-8(13)5-14-11/h4-5,7,10,16H,2-3,6,13H2,1H3. The first-order valence-electron chi connectivity index (χ1n) is 5.42. The zero-order chi connectivity index (χ0) is 11.7. The van der Waals surface area contributed by atoms with Crippen LogP contribution in [0.5, 0.6) is 0 Å². The van der Waals surface area contributed by atoms with Gasteiger partial charge in [-0.25, -0.2) is 4.98 Å². The minimum atomic E-state index is 0.160. The number of aliphatic hydroxyl groups excluding tert-OH is 1. The first-order valence-corrected chi connectivity index (χ1v) is 6.21. The van der Waals surface area contributed by atoms with Gasteiger partial charge in [-0.1, -0.05) is 6.92 Å². The molecule has 4 nitrogen and oxygen atoms in total. The number of aromatic nitrogens is 1. The normalized spacial score (nSPS) is 25.1. The lowest BCUT2D eigenvalue weighted by Gasteiger charge is -2.27. The van der Waals surface area contributed by atoms with Crippen molar-refractivity contribution in [1.82, 2.24) is 4.98 Å². The molecule has 88 valence electrons. The monoisotopic (exact) mass is 285 g/mol. The minimum absolute atomic E-state index is 0.160. The lowest BCUT2D eigenvalue weighted by atomic mass is 10.0. The predicted molar refractivity (Wildman–Crippen MR) is 68.4 cm³/mol. The van der Waals surface area contributed by atoms with Crippen LogP contribution in [0.15, 0.2) is 16.7 Å². The Labute approximate surface area is 104 Å². The van der Waals surface area contributed by atoms with Gasteiger partial charge in [0.15, 0.2) is 0 Å². The molecule has 1 saturated heterocycles. The molecule has 1 aliphatic rings. The average molecular weight is 286 g/mol. The van der Waals surface area contributed by atoms with Crippen LogP contribution in [0.25, 0.3) is 0 Å². The van der Waals surface area contributed by atoms with Gasteiger partial charge in [-0.2, -0.15) is 0 Å². The van der Waals surface area contributed by atoms with E-state index in [1.54, 1.807) is 6.20 Å². The second-order valence-electron chi connectivity index (χ2n) is 4.28. The molecule has 2 unspecified atom stereocenters. The molecule has 0 spiro atoms. The van der Waals surface area contributed by atoms with Gasteiger partial charge in [0.05, 0.1) is 29.0 Å². The van der Waals surface area contributed by atoms with E-state index in [1.165, 1.54) is 0 Å². The largest absolute Gasteiger partial charge is 0.397 e. The van der Waals surface area contributed by atoms with Crippen molar-refractivity contribution in [2.24, 2.45) is 5.92 Å². The van der Waals surface area contributed by atoms with E-state index in [1.807, 2.05) is 6.07 Å². The fraction of sp³-hybridized carbons (Fsp3) is 0.545. The summed E-state index contributed by atoms with van der Waals surface area (Å²) in [6.07, 6.45) is 2.74. The van der Waals surface area contributed by atoms with Gasteiger partial charge in [0, 0.05) is 6.54 Å². The predicted octanol–water partition coefficient (Wildman–Crippen LogP) is 1.63. The van der Waals surface area contributed by atoms with Crippen molar-refractivity contribution in [3.05, 3.63) is 16.7 Å². The zero-order valence-corrected chi connectivity index (χ0v) is 10.8. The van der Waals surface area contributed by atoms with Gasteiger partial charge in [0.1, 0.15) is 5.82 Å². The topological polar surface area (TPSA) is 62.4 Å². The Morgan fingerprint density at radius 3 is 3.06 bits per heavy atom. The lowest BCUT2D eigenvalue weighted by Crippen LogP contribution is -2.35. The van der Waals surface area contributed by atoms with Crippen LogP contribution in [0.1, 0.15) is 13.3 Å². The minimum Gasteiger partial charge on any atom is -0.397 e. The number of nitrogens with zero attached hydrogens (tertiary/aromatic N) is 2. The summed E-state index contributed by atoms with van der Waals surface area (Å²) in [5, 5.41) is 9.40. The van der Waals surface area contributed by atoms with Crippen molar-refractivity contribution in [3.63, 3.8) is 0 Å². The van der Waals surface area contributed by atoms with E-state index in [-0.39, 0.29) is 12.6 Å². The van der Waals surface area contributed by atoms with Gasteiger partial charge >= 0.3 is 0 Å². The molecule has 0 amide bonds. The third kappa shape index (κ3) is 2.01. The van der Waals surface area contributed by atoms with Gasteiger partial charge in [-0.15, -0.1) is 0 Å². The highest BCUT2D eigenvalue weighted by Crippen LogP contribution is 2.33. The van der Waals surface area contributed by atoms with Crippen LogP contribution in [0, 0.1) is 5.92 Å². The third-order valence-electron chi connectivity index (χ3n) is 3.18. The van der Waals surface area contributed by atoms with Crippen molar-refractivity contribution < 1.29 is 5.11 Å². The van der Waals surface area contributed by atoms with Crippen LogP contribution in [0.3, 0.4) is 0 Å². The maximum absolute atomic E-state index is 9.40. The van der Waals surface area contributed by atoms with Gasteiger partial charge < -0.3 is 15.7 Å². The molecule has 2 rings (SSSR count). The molecular weight excluding hydrogens is 270 g/mol. The molecule has 3 N–H and O–H groups in total. The Hall–Kier alpha value is -0.810. The summed E-state index contributed by atoms with van der Waals surface area (Å²) in [6.45, 7) is 3.26. The number of nitrogens with two attached hydrogens (primary N) is 1. The Kier molecular flexibility index (Phi) is 3.35. The molecule has 2 atom stereocenters. The first kappa shape index (κ1) is 11.7. The van der Waals surface area contributed by atoms with E-state index in [0.29, 0.717) is 11.6 Å². The molecule has 1 aromatic heterocycles. The first-order chi connectivity index (χ1) is 7.63. The highest BCUT2D eigenvalue weighted by Gasteiger charge is 2.32. The molecule has 1 aromatic rings. The molecule has 0 bridgehead atoms. The van der Waals surface area contributed by atoms with Gasteiger partial charge in [-0.05, 0) is 34.3 Å². The van der Waals surface area contributed by atoms with Crippen molar-refractivity contribution in [3.8, 4) is 0 Å².